The first-order chi connectivity index (χ1) is 12.9. The van der Waals surface area contributed by atoms with Crippen LogP contribution in [0.3, 0.4) is 0 Å². The Bertz CT molecular complexity index is 327. The summed E-state index contributed by atoms with van der Waals surface area (Å²) in [6.45, 7) is 20.3. The molecule has 7 nitrogen and oxygen atoms in total. The molecule has 0 spiro atoms. The summed E-state index contributed by atoms with van der Waals surface area (Å²) in [7, 11) is 8.19. The van der Waals surface area contributed by atoms with Gasteiger partial charge in [-0.3, -0.25) is 0 Å². The number of hydrogen-bond donors (Lipinski definition) is 0. The van der Waals surface area contributed by atoms with Gasteiger partial charge in [-0.25, -0.2) is 0 Å². The maximum absolute atomic E-state index is 8.33. The van der Waals surface area contributed by atoms with Crippen molar-refractivity contribution in [2.45, 2.75) is 66.5 Å². The number of carboxylic acid groups (broad SMARTS) is 2. The van der Waals surface area contributed by atoms with E-state index in [4.69, 9.17) is 24.5 Å². The summed E-state index contributed by atoms with van der Waals surface area (Å²) in [6, 6.07) is 1.42. The summed E-state index contributed by atoms with van der Waals surface area (Å²) < 4.78 is 12.5. The molecule has 0 amide bonds. The van der Waals surface area contributed by atoms with Gasteiger partial charge in [0, 0.05) is 27.1 Å². The van der Waals surface area contributed by atoms with Crippen LogP contribution in [-0.2, 0) is 9.47 Å². The van der Waals surface area contributed by atoms with Crippen molar-refractivity contribution in [3.8, 4) is 0 Å². The van der Waals surface area contributed by atoms with E-state index < -0.39 is 6.16 Å². The fraction of sp³-hybridized carbons (Fsp3) is 0.952. The van der Waals surface area contributed by atoms with Crippen LogP contribution in [0, 0.1) is 0 Å². The highest BCUT2D eigenvalue weighted by atomic mass is 16.6. The molecule has 0 bridgehead atoms. The molecule has 7 heteroatoms. The van der Waals surface area contributed by atoms with E-state index >= 15 is 0 Å². The third kappa shape index (κ3) is 15.1. The van der Waals surface area contributed by atoms with Gasteiger partial charge in [0.15, 0.2) is 0 Å². The monoisotopic (exact) mass is 408 g/mol. The molecule has 0 aromatic carbocycles. The molecule has 172 valence electrons. The van der Waals surface area contributed by atoms with Crippen molar-refractivity contribution in [2.75, 3.05) is 67.7 Å². The van der Waals surface area contributed by atoms with Gasteiger partial charge in [0.05, 0.1) is 65.6 Å². The Morgan fingerprint density at radius 2 is 0.964 bits per heavy atom. The molecule has 0 heterocycles. The van der Waals surface area contributed by atoms with Crippen LogP contribution in [0.25, 0.3) is 0 Å². The molecule has 28 heavy (non-hydrogen) atoms. The third-order valence-electron chi connectivity index (χ3n) is 6.50. The molecule has 0 rings (SSSR count). The van der Waals surface area contributed by atoms with E-state index in [2.05, 4.69) is 55.6 Å². The van der Waals surface area contributed by atoms with Crippen molar-refractivity contribution in [1.29, 1.82) is 0 Å². The maximum atomic E-state index is 8.33. The number of carbonyl (C=O) groups is 1. The molecule has 0 saturated carbocycles. The average Bonchev–Trinajstić information content (AvgIpc) is 2.68. The predicted octanol–water partition coefficient (Wildman–Crippen LogP) is 1.35. The Morgan fingerprint density at radius 1 is 0.750 bits per heavy atom. The van der Waals surface area contributed by atoms with Crippen molar-refractivity contribution >= 4 is 6.16 Å². The second-order valence-electron chi connectivity index (χ2n) is 7.73. The zero-order valence-corrected chi connectivity index (χ0v) is 20.2. The van der Waals surface area contributed by atoms with Gasteiger partial charge in [0.25, 0.3) is 0 Å². The number of ether oxygens (including phenoxy) is 2. The van der Waals surface area contributed by atoms with Crippen molar-refractivity contribution in [3.05, 3.63) is 0 Å². The summed E-state index contributed by atoms with van der Waals surface area (Å²) in [5.74, 6) is 0. The number of quaternary nitrogens is 2. The first-order valence-corrected chi connectivity index (χ1v) is 10.5. The summed E-state index contributed by atoms with van der Waals surface area (Å²) >= 11 is 0. The summed E-state index contributed by atoms with van der Waals surface area (Å²) in [5, 5.41) is 16.7. The van der Waals surface area contributed by atoms with Gasteiger partial charge < -0.3 is 33.4 Å². The van der Waals surface area contributed by atoms with E-state index in [9.17, 15) is 0 Å². The lowest BCUT2D eigenvalue weighted by atomic mass is 10.1. The highest BCUT2D eigenvalue weighted by Crippen LogP contribution is 2.13. The lowest BCUT2D eigenvalue weighted by molar-refractivity contribution is -0.928. The van der Waals surface area contributed by atoms with Crippen LogP contribution in [0.1, 0.15) is 54.4 Å². The van der Waals surface area contributed by atoms with Gasteiger partial charge in [-0.05, 0) is 47.7 Å². The van der Waals surface area contributed by atoms with Gasteiger partial charge in [-0.1, -0.05) is 0 Å². The van der Waals surface area contributed by atoms with Crippen molar-refractivity contribution in [1.82, 2.24) is 0 Å². The molecule has 0 aliphatic carbocycles. The van der Waals surface area contributed by atoms with Gasteiger partial charge in [0.2, 0.25) is 0 Å². The second-order valence-corrected chi connectivity index (χ2v) is 7.73. The van der Waals surface area contributed by atoms with E-state index in [1.807, 2.05) is 0 Å². The first-order valence-electron chi connectivity index (χ1n) is 10.5. The lowest BCUT2D eigenvalue weighted by Crippen LogP contribution is -2.50. The topological polar surface area (TPSA) is 81.7 Å². The lowest BCUT2D eigenvalue weighted by Gasteiger charge is -2.38. The summed E-state index contributed by atoms with van der Waals surface area (Å²) in [6.07, 6.45) is -0.0106. The normalized spacial score (nSPS) is 13.5. The minimum absolute atomic E-state index is 0.708. The third-order valence-corrected chi connectivity index (χ3v) is 6.50. The van der Waals surface area contributed by atoms with Gasteiger partial charge in [-0.2, -0.15) is 0 Å². The fourth-order valence-corrected chi connectivity index (χ4v) is 2.89. The number of rotatable bonds is 12. The molecule has 0 aliphatic rings. The molecule has 0 N–H and O–H groups in total. The average molecular weight is 409 g/mol. The van der Waals surface area contributed by atoms with Crippen LogP contribution in [0.5, 0.6) is 0 Å². The Morgan fingerprint density at radius 3 is 1.11 bits per heavy atom. The SMILES string of the molecule is CC[N+](C)(CC)C(C)CCOC.CC[N+](C)(CC)C(C)CCOC.O=C([O-])[O-]. The molecule has 0 radical (unpaired) electrons. The predicted molar refractivity (Wildman–Crippen MR) is 112 cm³/mol. The molecule has 2 unspecified atom stereocenters. The number of nitrogens with zero attached hydrogens (tertiary/aromatic N) is 2. The van der Waals surface area contributed by atoms with Crippen LogP contribution >= 0.6 is 0 Å². The molecule has 2 atom stereocenters. The molecular formula is C21H48N2O5. The van der Waals surface area contributed by atoms with Crippen LogP contribution < -0.4 is 10.2 Å². The Balaban J connectivity index is -0.000000375. The van der Waals surface area contributed by atoms with E-state index in [0.29, 0.717) is 12.1 Å². The molecule has 0 saturated heterocycles. The summed E-state index contributed by atoms with van der Waals surface area (Å²) in [4.78, 5) is 8.33. The van der Waals surface area contributed by atoms with Crippen molar-refractivity contribution < 1.29 is 33.4 Å². The number of carbonyl (C=O) groups excluding carboxylic acids is 1. The van der Waals surface area contributed by atoms with Gasteiger partial charge >= 0.3 is 0 Å². The zero-order chi connectivity index (χ0) is 22.8. The van der Waals surface area contributed by atoms with Crippen LogP contribution in [0.15, 0.2) is 0 Å². The van der Waals surface area contributed by atoms with Crippen molar-refractivity contribution in [3.63, 3.8) is 0 Å². The molecule has 0 aliphatic heterocycles. The van der Waals surface area contributed by atoms with E-state index in [1.165, 1.54) is 26.2 Å². The van der Waals surface area contributed by atoms with Gasteiger partial charge in [0.1, 0.15) is 0 Å². The minimum atomic E-state index is -2.33. The Labute approximate surface area is 174 Å². The first kappa shape index (κ1) is 31.8. The van der Waals surface area contributed by atoms with E-state index in [1.54, 1.807) is 14.2 Å². The van der Waals surface area contributed by atoms with Crippen LogP contribution in [0.4, 0.5) is 4.79 Å². The maximum Gasteiger partial charge on any atom is 0.0881 e. The highest BCUT2D eigenvalue weighted by molar-refractivity contribution is 5.47. The fourth-order valence-electron chi connectivity index (χ4n) is 2.89. The summed E-state index contributed by atoms with van der Waals surface area (Å²) in [5.41, 5.74) is 0. The molecule has 0 aromatic rings. The molecule has 0 fully saturated rings. The second kappa shape index (κ2) is 18.2. The number of methoxy groups -OCH3 is 2. The van der Waals surface area contributed by atoms with Crippen molar-refractivity contribution in [2.24, 2.45) is 0 Å². The Hall–Kier alpha value is -0.890. The largest absolute Gasteiger partial charge is 0.652 e. The quantitative estimate of drug-likeness (QED) is 0.455. The van der Waals surface area contributed by atoms with Crippen LogP contribution in [0.2, 0.25) is 0 Å². The molecule has 0 aromatic heterocycles. The number of hydrogen-bond acceptors (Lipinski definition) is 5. The van der Waals surface area contributed by atoms with E-state index in [-0.39, 0.29) is 0 Å². The Kier molecular flexibility index (Phi) is 20.6. The van der Waals surface area contributed by atoms with Gasteiger partial charge in [-0.15, -0.1) is 0 Å². The standard InChI is InChI=1S/2C10H24NO.CH2O3/c2*1-6-11(4,7-2)10(3)8-9-12-5;2-1(3)4/h2*10H,6-9H2,1-5H3;(H2,2,3,4)/q2*+1;/p-2. The van der Waals surface area contributed by atoms with E-state index in [0.717, 1.165) is 35.0 Å². The zero-order valence-electron chi connectivity index (χ0n) is 20.2. The molecular weight excluding hydrogens is 360 g/mol. The highest BCUT2D eigenvalue weighted by Gasteiger charge is 2.25. The van der Waals surface area contributed by atoms with Crippen LogP contribution in [-0.4, -0.2) is 94.9 Å². The smallest absolute Gasteiger partial charge is 0.0881 e. The minimum Gasteiger partial charge on any atom is -0.652 e.